The van der Waals surface area contributed by atoms with Gasteiger partial charge in [-0.25, -0.2) is 13.9 Å². The summed E-state index contributed by atoms with van der Waals surface area (Å²) in [5, 5.41) is 10.6. The van der Waals surface area contributed by atoms with Gasteiger partial charge >= 0.3 is 0 Å². The van der Waals surface area contributed by atoms with Crippen molar-refractivity contribution in [2.75, 3.05) is 5.32 Å². The van der Waals surface area contributed by atoms with Crippen LogP contribution < -0.4 is 10.9 Å². The molecule has 1 aromatic heterocycles. The molecule has 1 atom stereocenters. The second-order valence-electron chi connectivity index (χ2n) is 5.33. The minimum atomic E-state index is -0.489. The Kier molecular flexibility index (Phi) is 2.72. The number of benzene rings is 2. The van der Waals surface area contributed by atoms with E-state index >= 15 is 0 Å². The standard InChI is InChI=1S/C16H11F2N3O/c17-9-3-1-8(2-4-9)12-7-14-15-11(16(22)21-20-14)5-10(18)6-13(15)19-12/h1-6,12,19H,7H2,(H,21,22). The van der Waals surface area contributed by atoms with Crippen molar-refractivity contribution in [3.63, 3.8) is 0 Å². The second-order valence-corrected chi connectivity index (χ2v) is 5.33. The van der Waals surface area contributed by atoms with E-state index in [9.17, 15) is 13.6 Å². The third kappa shape index (κ3) is 1.95. The predicted octanol–water partition coefficient (Wildman–Crippen LogP) is 2.91. The molecule has 0 saturated heterocycles. The summed E-state index contributed by atoms with van der Waals surface area (Å²) in [5.74, 6) is -0.798. The SMILES string of the molecule is O=c1[nH]nc2c3c(cc(F)cc13)NC(c1ccc(F)cc1)C2. The highest BCUT2D eigenvalue weighted by Gasteiger charge is 2.24. The van der Waals surface area contributed by atoms with Gasteiger partial charge in [-0.3, -0.25) is 4.79 Å². The van der Waals surface area contributed by atoms with Gasteiger partial charge in [0, 0.05) is 17.5 Å². The first-order chi connectivity index (χ1) is 10.6. The zero-order valence-electron chi connectivity index (χ0n) is 11.4. The lowest BCUT2D eigenvalue weighted by atomic mass is 9.94. The summed E-state index contributed by atoms with van der Waals surface area (Å²) in [4.78, 5) is 11.8. The van der Waals surface area contributed by atoms with E-state index < -0.39 is 11.4 Å². The van der Waals surface area contributed by atoms with Crippen LogP contribution in [0.1, 0.15) is 17.3 Å². The number of H-pyrrole nitrogens is 1. The zero-order valence-corrected chi connectivity index (χ0v) is 11.4. The smallest absolute Gasteiger partial charge is 0.272 e. The fourth-order valence-electron chi connectivity index (χ4n) is 2.92. The third-order valence-electron chi connectivity index (χ3n) is 3.93. The van der Waals surface area contributed by atoms with Crippen LogP contribution in [0.15, 0.2) is 41.2 Å². The van der Waals surface area contributed by atoms with Gasteiger partial charge in [0.25, 0.3) is 5.56 Å². The summed E-state index contributed by atoms with van der Waals surface area (Å²) < 4.78 is 26.8. The van der Waals surface area contributed by atoms with E-state index in [-0.39, 0.29) is 17.2 Å². The Morgan fingerprint density at radius 2 is 1.86 bits per heavy atom. The summed E-state index contributed by atoms with van der Waals surface area (Å²) in [6.45, 7) is 0. The van der Waals surface area contributed by atoms with Crippen LogP contribution in [0.3, 0.4) is 0 Å². The molecule has 0 spiro atoms. The van der Waals surface area contributed by atoms with Crippen LogP contribution in [-0.2, 0) is 6.42 Å². The highest BCUT2D eigenvalue weighted by molar-refractivity contribution is 5.96. The average Bonchev–Trinajstić information content (AvgIpc) is 2.51. The molecule has 0 saturated carbocycles. The number of anilines is 1. The van der Waals surface area contributed by atoms with Gasteiger partial charge in [-0.1, -0.05) is 12.1 Å². The number of hydrogen-bond acceptors (Lipinski definition) is 3. The van der Waals surface area contributed by atoms with Gasteiger partial charge in [-0.15, -0.1) is 0 Å². The maximum Gasteiger partial charge on any atom is 0.272 e. The second kappa shape index (κ2) is 4.62. The van der Waals surface area contributed by atoms with Gasteiger partial charge in [0.05, 0.1) is 17.1 Å². The Bertz CT molecular complexity index is 935. The lowest BCUT2D eigenvalue weighted by Gasteiger charge is -2.26. The van der Waals surface area contributed by atoms with Crippen molar-refractivity contribution in [1.29, 1.82) is 0 Å². The average molecular weight is 299 g/mol. The van der Waals surface area contributed by atoms with E-state index in [0.717, 1.165) is 5.56 Å². The molecular weight excluding hydrogens is 288 g/mol. The molecule has 0 bridgehead atoms. The molecular formula is C16H11F2N3O. The van der Waals surface area contributed by atoms with Crippen LogP contribution >= 0.6 is 0 Å². The topological polar surface area (TPSA) is 57.8 Å². The molecule has 0 amide bonds. The van der Waals surface area contributed by atoms with Crippen molar-refractivity contribution in [3.05, 3.63) is 69.6 Å². The zero-order chi connectivity index (χ0) is 15.3. The quantitative estimate of drug-likeness (QED) is 0.726. The van der Waals surface area contributed by atoms with Crippen LogP contribution in [0.2, 0.25) is 0 Å². The normalized spacial score (nSPS) is 16.5. The number of aromatic amines is 1. The number of nitrogens with zero attached hydrogens (tertiary/aromatic N) is 1. The Balaban J connectivity index is 1.87. The number of rotatable bonds is 1. The summed E-state index contributed by atoms with van der Waals surface area (Å²) in [7, 11) is 0. The van der Waals surface area contributed by atoms with Crippen molar-refractivity contribution >= 4 is 16.5 Å². The van der Waals surface area contributed by atoms with Gasteiger partial charge in [0.1, 0.15) is 11.6 Å². The van der Waals surface area contributed by atoms with Gasteiger partial charge in [-0.2, -0.15) is 5.10 Å². The van der Waals surface area contributed by atoms with Crippen LogP contribution in [0.25, 0.3) is 10.8 Å². The number of nitrogens with one attached hydrogen (secondary N) is 2. The summed E-state index contributed by atoms with van der Waals surface area (Å²) in [6, 6.07) is 8.53. The molecule has 3 aromatic rings. The molecule has 4 nitrogen and oxygen atoms in total. The minimum Gasteiger partial charge on any atom is -0.377 e. The molecule has 6 heteroatoms. The summed E-state index contributed by atoms with van der Waals surface area (Å²) in [5.41, 5.74) is 1.68. The highest BCUT2D eigenvalue weighted by atomic mass is 19.1. The van der Waals surface area contributed by atoms with Gasteiger partial charge in [-0.05, 0) is 29.8 Å². The largest absolute Gasteiger partial charge is 0.377 e. The molecule has 2 N–H and O–H groups in total. The predicted molar refractivity (Wildman–Crippen MR) is 78.8 cm³/mol. The number of halogens is 2. The van der Waals surface area contributed by atoms with Crippen molar-refractivity contribution in [2.24, 2.45) is 0 Å². The van der Waals surface area contributed by atoms with Gasteiger partial charge in [0.2, 0.25) is 0 Å². The lowest BCUT2D eigenvalue weighted by Crippen LogP contribution is -2.23. The minimum absolute atomic E-state index is 0.156. The van der Waals surface area contributed by atoms with Crippen molar-refractivity contribution < 1.29 is 8.78 Å². The summed E-state index contributed by atoms with van der Waals surface area (Å²) in [6.07, 6.45) is 0.525. The first kappa shape index (κ1) is 12.9. The van der Waals surface area contributed by atoms with Crippen molar-refractivity contribution in [1.82, 2.24) is 10.2 Å². The summed E-state index contributed by atoms with van der Waals surface area (Å²) >= 11 is 0. The molecule has 1 aliphatic rings. The Hall–Kier alpha value is -2.76. The van der Waals surface area contributed by atoms with Gasteiger partial charge in [0.15, 0.2) is 0 Å². The number of aromatic nitrogens is 2. The Labute approximate surface area is 123 Å². The van der Waals surface area contributed by atoms with E-state index in [0.29, 0.717) is 23.2 Å². The molecule has 4 rings (SSSR count). The van der Waals surface area contributed by atoms with Crippen LogP contribution in [0.4, 0.5) is 14.5 Å². The lowest BCUT2D eigenvalue weighted by molar-refractivity contribution is 0.624. The molecule has 110 valence electrons. The Morgan fingerprint density at radius 1 is 1.09 bits per heavy atom. The monoisotopic (exact) mass is 299 g/mol. The van der Waals surface area contributed by atoms with Crippen LogP contribution in [0, 0.1) is 11.6 Å². The molecule has 22 heavy (non-hydrogen) atoms. The van der Waals surface area contributed by atoms with Crippen LogP contribution in [0.5, 0.6) is 0 Å². The molecule has 0 aliphatic carbocycles. The van der Waals surface area contributed by atoms with Crippen LogP contribution in [-0.4, -0.2) is 10.2 Å². The highest BCUT2D eigenvalue weighted by Crippen LogP contribution is 2.35. The van der Waals surface area contributed by atoms with E-state index in [1.165, 1.54) is 24.3 Å². The first-order valence-corrected chi connectivity index (χ1v) is 6.84. The molecule has 0 fully saturated rings. The Morgan fingerprint density at radius 3 is 2.64 bits per heavy atom. The molecule has 1 unspecified atom stereocenters. The third-order valence-corrected chi connectivity index (χ3v) is 3.93. The maximum absolute atomic E-state index is 13.7. The fourth-order valence-corrected chi connectivity index (χ4v) is 2.92. The maximum atomic E-state index is 13.7. The van der Waals surface area contributed by atoms with E-state index in [2.05, 4.69) is 15.5 Å². The van der Waals surface area contributed by atoms with E-state index in [1.807, 2.05) is 0 Å². The van der Waals surface area contributed by atoms with E-state index in [1.54, 1.807) is 12.1 Å². The van der Waals surface area contributed by atoms with Crippen molar-refractivity contribution in [2.45, 2.75) is 12.5 Å². The number of hydrogen-bond donors (Lipinski definition) is 2. The molecule has 1 aliphatic heterocycles. The van der Waals surface area contributed by atoms with E-state index in [4.69, 9.17) is 0 Å². The first-order valence-electron chi connectivity index (χ1n) is 6.84. The molecule has 2 aromatic carbocycles. The fraction of sp³-hybridized carbons (Fsp3) is 0.125. The van der Waals surface area contributed by atoms with Gasteiger partial charge < -0.3 is 5.32 Å². The molecule has 2 heterocycles. The van der Waals surface area contributed by atoms with Crippen molar-refractivity contribution in [3.8, 4) is 0 Å². The molecule has 0 radical (unpaired) electrons.